The average Bonchev–Trinajstić information content (AvgIpc) is 3.15. The number of aryl methyl sites for hydroxylation is 1. The summed E-state index contributed by atoms with van der Waals surface area (Å²) < 4.78 is 43.9. The van der Waals surface area contributed by atoms with Crippen molar-refractivity contribution in [1.29, 1.82) is 0 Å². The maximum Gasteiger partial charge on any atom is 0.416 e. The summed E-state index contributed by atoms with van der Waals surface area (Å²) in [5.74, 6) is 0.313. The Labute approximate surface area is 224 Å². The van der Waals surface area contributed by atoms with E-state index in [9.17, 15) is 22.8 Å². The van der Waals surface area contributed by atoms with Crippen molar-refractivity contribution < 1.29 is 13.2 Å². The van der Waals surface area contributed by atoms with Gasteiger partial charge in [0, 0.05) is 33.6 Å². The van der Waals surface area contributed by atoms with Crippen molar-refractivity contribution in [1.82, 2.24) is 18.9 Å². The van der Waals surface area contributed by atoms with Crippen molar-refractivity contribution in [2.24, 2.45) is 0 Å². The van der Waals surface area contributed by atoms with Crippen molar-refractivity contribution in [2.75, 3.05) is 0 Å². The fourth-order valence-corrected chi connectivity index (χ4v) is 4.98. The topological polar surface area (TPSA) is 61.8 Å². The summed E-state index contributed by atoms with van der Waals surface area (Å²) >= 11 is 12.8. The monoisotopic (exact) mass is 558 g/mol. The molecular formula is C27H19Cl2F3N4O2. The third-order valence-electron chi connectivity index (χ3n) is 6.31. The van der Waals surface area contributed by atoms with E-state index in [1.54, 1.807) is 48.0 Å². The van der Waals surface area contributed by atoms with Gasteiger partial charge in [-0.1, -0.05) is 47.5 Å². The van der Waals surface area contributed by atoms with Crippen LogP contribution in [-0.2, 0) is 19.3 Å². The van der Waals surface area contributed by atoms with Gasteiger partial charge in [0.2, 0.25) is 0 Å². The van der Waals surface area contributed by atoms with Crippen LogP contribution >= 0.6 is 23.2 Å². The Morgan fingerprint density at radius 1 is 0.895 bits per heavy atom. The van der Waals surface area contributed by atoms with E-state index in [-0.39, 0.29) is 24.0 Å². The minimum Gasteiger partial charge on any atom is -0.308 e. The third-order valence-corrected chi connectivity index (χ3v) is 7.01. The molecule has 5 rings (SSSR count). The predicted molar refractivity (Wildman–Crippen MR) is 140 cm³/mol. The summed E-state index contributed by atoms with van der Waals surface area (Å²) in [6, 6.07) is 16.2. The molecule has 0 amide bonds. The van der Waals surface area contributed by atoms with Gasteiger partial charge in [0.15, 0.2) is 5.82 Å². The molecule has 0 unspecified atom stereocenters. The fourth-order valence-electron chi connectivity index (χ4n) is 4.46. The number of alkyl halides is 3. The van der Waals surface area contributed by atoms with E-state index in [1.165, 1.54) is 33.6 Å². The highest BCUT2D eigenvalue weighted by Gasteiger charge is 2.30. The van der Waals surface area contributed by atoms with Crippen molar-refractivity contribution in [3.63, 3.8) is 0 Å². The van der Waals surface area contributed by atoms with Gasteiger partial charge in [-0.05, 0) is 48.9 Å². The zero-order chi connectivity index (χ0) is 27.2. The largest absolute Gasteiger partial charge is 0.416 e. The Morgan fingerprint density at radius 2 is 1.61 bits per heavy atom. The summed E-state index contributed by atoms with van der Waals surface area (Å²) in [5.41, 5.74) is -0.299. The number of hydrogen-bond donors (Lipinski definition) is 0. The zero-order valence-corrected chi connectivity index (χ0v) is 21.3. The number of aromatic nitrogens is 4. The van der Waals surface area contributed by atoms with Crippen LogP contribution in [0.25, 0.3) is 16.7 Å². The average molecular weight is 559 g/mol. The first-order valence-corrected chi connectivity index (χ1v) is 12.2. The van der Waals surface area contributed by atoms with E-state index in [2.05, 4.69) is 4.98 Å². The highest BCUT2D eigenvalue weighted by atomic mass is 35.5. The van der Waals surface area contributed by atoms with Crippen molar-refractivity contribution in [3.8, 4) is 5.82 Å². The summed E-state index contributed by atoms with van der Waals surface area (Å²) in [6.07, 6.45) is -2.99. The van der Waals surface area contributed by atoms with Crippen molar-refractivity contribution in [2.45, 2.75) is 26.2 Å². The minimum absolute atomic E-state index is 0.0599. The third kappa shape index (κ3) is 4.63. The minimum atomic E-state index is -4.52. The first-order chi connectivity index (χ1) is 18.1. The number of halogens is 5. The summed E-state index contributed by atoms with van der Waals surface area (Å²) in [7, 11) is 0. The fraction of sp³-hybridized carbons (Fsp3) is 0.148. The second-order valence-corrected chi connectivity index (χ2v) is 9.49. The molecule has 0 bridgehead atoms. The SMILES string of the molecule is Cc1c2c(=O)n(-c3ccccn3)n(Cc3c(Cl)cccc3Cl)c2cc(=O)n1Cc1cccc(C(F)(F)F)c1. The van der Waals surface area contributed by atoms with Crippen LogP contribution in [0, 0.1) is 6.92 Å². The molecule has 0 saturated carbocycles. The molecule has 0 saturated heterocycles. The Kier molecular flexibility index (Phi) is 6.66. The first kappa shape index (κ1) is 25.8. The highest BCUT2D eigenvalue weighted by molar-refractivity contribution is 6.36. The van der Waals surface area contributed by atoms with E-state index >= 15 is 0 Å². The van der Waals surface area contributed by atoms with Crippen LogP contribution in [0.15, 0.2) is 82.5 Å². The molecule has 0 aliphatic heterocycles. The van der Waals surface area contributed by atoms with Gasteiger partial charge in [-0.3, -0.25) is 14.3 Å². The van der Waals surface area contributed by atoms with E-state index in [1.807, 2.05) is 0 Å². The standard InChI is InChI=1S/C27H19Cl2F3N4O2/c1-16-25-22(13-24(37)34(16)14-17-6-4-7-18(12-17)27(30,31)32)35(15-19-20(28)8-5-9-21(19)29)36(26(25)38)23-10-2-3-11-33-23/h2-13H,14-15H2,1H3. The van der Waals surface area contributed by atoms with Gasteiger partial charge in [0.1, 0.15) is 0 Å². The van der Waals surface area contributed by atoms with Crippen LogP contribution in [0.1, 0.15) is 22.4 Å². The molecule has 5 aromatic rings. The highest BCUT2D eigenvalue weighted by Crippen LogP contribution is 2.30. The van der Waals surface area contributed by atoms with Crippen molar-refractivity contribution >= 4 is 34.1 Å². The van der Waals surface area contributed by atoms with Gasteiger partial charge >= 0.3 is 6.18 Å². The van der Waals surface area contributed by atoms with Gasteiger partial charge in [-0.2, -0.15) is 17.9 Å². The molecule has 3 heterocycles. The second-order valence-electron chi connectivity index (χ2n) is 8.68. The number of pyridine rings is 2. The van der Waals surface area contributed by atoms with E-state index < -0.39 is 22.9 Å². The normalized spacial score (nSPS) is 11.8. The molecule has 2 aromatic carbocycles. The maximum atomic E-state index is 13.8. The number of rotatable bonds is 5. The van der Waals surface area contributed by atoms with E-state index in [4.69, 9.17) is 23.2 Å². The predicted octanol–water partition coefficient (Wildman–Crippen LogP) is 6.08. The molecule has 0 aliphatic rings. The molecule has 0 aliphatic carbocycles. The van der Waals surface area contributed by atoms with Crippen molar-refractivity contribution in [3.05, 3.63) is 126 Å². The molecule has 0 fully saturated rings. The number of hydrogen-bond acceptors (Lipinski definition) is 3. The first-order valence-electron chi connectivity index (χ1n) is 11.4. The summed E-state index contributed by atoms with van der Waals surface area (Å²) in [5, 5.41) is 0.994. The molecule has 194 valence electrons. The quantitative estimate of drug-likeness (QED) is 0.262. The smallest absolute Gasteiger partial charge is 0.308 e. The molecular weight excluding hydrogens is 540 g/mol. The molecule has 0 atom stereocenters. The van der Waals surface area contributed by atoms with Gasteiger partial charge in [0.05, 0.1) is 29.6 Å². The molecule has 0 radical (unpaired) electrons. The van der Waals surface area contributed by atoms with Crippen LogP contribution < -0.4 is 11.1 Å². The Balaban J connectivity index is 1.74. The van der Waals surface area contributed by atoms with E-state index in [0.717, 1.165) is 12.1 Å². The molecule has 3 aromatic heterocycles. The number of benzene rings is 2. The Hall–Kier alpha value is -3.82. The second kappa shape index (κ2) is 9.81. The summed E-state index contributed by atoms with van der Waals surface area (Å²) in [6.45, 7) is 1.51. The lowest BCUT2D eigenvalue weighted by molar-refractivity contribution is -0.137. The summed E-state index contributed by atoms with van der Waals surface area (Å²) in [4.78, 5) is 31.4. The lowest BCUT2D eigenvalue weighted by atomic mass is 10.1. The Morgan fingerprint density at radius 3 is 2.26 bits per heavy atom. The van der Waals surface area contributed by atoms with Crippen LogP contribution in [0.4, 0.5) is 13.2 Å². The van der Waals surface area contributed by atoms with Crippen LogP contribution in [0.3, 0.4) is 0 Å². The molecule has 0 N–H and O–H groups in total. The van der Waals surface area contributed by atoms with Crippen LogP contribution in [0.5, 0.6) is 0 Å². The van der Waals surface area contributed by atoms with Gasteiger partial charge in [-0.25, -0.2) is 4.98 Å². The van der Waals surface area contributed by atoms with Gasteiger partial charge < -0.3 is 4.57 Å². The number of nitrogens with zero attached hydrogens (tertiary/aromatic N) is 4. The molecule has 38 heavy (non-hydrogen) atoms. The molecule has 0 spiro atoms. The lowest BCUT2D eigenvalue weighted by Gasteiger charge is -2.15. The maximum absolute atomic E-state index is 13.8. The van der Waals surface area contributed by atoms with Gasteiger partial charge in [-0.15, -0.1) is 0 Å². The van der Waals surface area contributed by atoms with Crippen LogP contribution in [-0.4, -0.2) is 18.9 Å². The zero-order valence-electron chi connectivity index (χ0n) is 19.8. The van der Waals surface area contributed by atoms with Crippen LogP contribution in [0.2, 0.25) is 10.0 Å². The molecule has 6 nitrogen and oxygen atoms in total. The Bertz CT molecular complexity index is 1770. The lowest BCUT2D eigenvalue weighted by Crippen LogP contribution is -2.24. The van der Waals surface area contributed by atoms with E-state index in [0.29, 0.717) is 32.6 Å². The van der Waals surface area contributed by atoms with Gasteiger partial charge in [0.25, 0.3) is 11.1 Å². The number of fused-ring (bicyclic) bond motifs is 1. The molecule has 11 heteroatoms.